The van der Waals surface area contributed by atoms with Crippen molar-refractivity contribution >= 4 is 27.0 Å². The third kappa shape index (κ3) is 2.58. The maximum absolute atomic E-state index is 13.2. The van der Waals surface area contributed by atoms with Gasteiger partial charge in [0.15, 0.2) is 0 Å². The highest BCUT2D eigenvalue weighted by Crippen LogP contribution is 2.25. The van der Waals surface area contributed by atoms with E-state index in [1.54, 1.807) is 12.1 Å². The molecule has 0 atom stereocenters. The fraction of sp³-hybridized carbons (Fsp3) is 0.200. The Morgan fingerprint density at radius 3 is 2.90 bits per heavy atom. The highest BCUT2D eigenvalue weighted by Gasteiger charge is 2.11. The van der Waals surface area contributed by atoms with Gasteiger partial charge < -0.3 is 4.98 Å². The van der Waals surface area contributed by atoms with Crippen molar-refractivity contribution in [2.75, 3.05) is 0 Å². The second-order valence-corrected chi connectivity index (χ2v) is 5.56. The van der Waals surface area contributed by atoms with Gasteiger partial charge in [-0.2, -0.15) is 0 Å². The maximum atomic E-state index is 13.2. The topological polar surface area (TPSA) is 41.6 Å². The number of nitrogens with zero attached hydrogens (tertiary/aromatic N) is 2. The molecule has 0 radical (unpaired) electrons. The van der Waals surface area contributed by atoms with Gasteiger partial charge in [0.2, 0.25) is 0 Å². The van der Waals surface area contributed by atoms with Crippen molar-refractivity contribution < 1.29 is 4.39 Å². The van der Waals surface area contributed by atoms with E-state index < -0.39 is 0 Å². The highest BCUT2D eigenvalue weighted by atomic mass is 79.9. The molecule has 0 spiro atoms. The SMILES string of the molecule is Cc1nc(CCc2cccc(F)c2)c2c(Br)c[nH]c2n1. The molecular formula is C15H13BrFN3. The minimum Gasteiger partial charge on any atom is -0.345 e. The number of halogens is 2. The van der Waals surface area contributed by atoms with Crippen molar-refractivity contribution in [3.63, 3.8) is 0 Å². The van der Waals surface area contributed by atoms with Crippen molar-refractivity contribution in [1.82, 2.24) is 15.0 Å². The van der Waals surface area contributed by atoms with Crippen LogP contribution in [0.1, 0.15) is 17.1 Å². The van der Waals surface area contributed by atoms with Gasteiger partial charge >= 0.3 is 0 Å². The lowest BCUT2D eigenvalue weighted by Gasteiger charge is -2.05. The molecule has 1 N–H and O–H groups in total. The second-order valence-electron chi connectivity index (χ2n) is 4.71. The molecule has 0 aliphatic heterocycles. The minimum absolute atomic E-state index is 0.200. The van der Waals surface area contributed by atoms with E-state index in [1.165, 1.54) is 6.07 Å². The molecule has 5 heteroatoms. The van der Waals surface area contributed by atoms with Crippen LogP contribution in [0, 0.1) is 12.7 Å². The fourth-order valence-electron chi connectivity index (χ4n) is 2.33. The molecule has 2 heterocycles. The van der Waals surface area contributed by atoms with Crippen LogP contribution in [0.5, 0.6) is 0 Å². The van der Waals surface area contributed by atoms with Crippen molar-refractivity contribution in [2.45, 2.75) is 19.8 Å². The van der Waals surface area contributed by atoms with Crippen molar-refractivity contribution in [3.05, 3.63) is 57.8 Å². The van der Waals surface area contributed by atoms with Gasteiger partial charge in [0.05, 0.1) is 11.1 Å². The summed E-state index contributed by atoms with van der Waals surface area (Å²) in [6.07, 6.45) is 3.37. The van der Waals surface area contributed by atoms with Gasteiger partial charge in [-0.3, -0.25) is 0 Å². The predicted octanol–water partition coefficient (Wildman–Crippen LogP) is 3.95. The van der Waals surface area contributed by atoms with Crippen LogP contribution in [0.2, 0.25) is 0 Å². The average Bonchev–Trinajstić information content (AvgIpc) is 2.77. The number of H-pyrrole nitrogens is 1. The number of rotatable bonds is 3. The Morgan fingerprint density at radius 1 is 1.25 bits per heavy atom. The summed E-state index contributed by atoms with van der Waals surface area (Å²) in [5.74, 6) is 0.537. The van der Waals surface area contributed by atoms with Crippen molar-refractivity contribution in [3.8, 4) is 0 Å². The van der Waals surface area contributed by atoms with Crippen LogP contribution in [-0.4, -0.2) is 15.0 Å². The molecule has 20 heavy (non-hydrogen) atoms. The number of hydrogen-bond acceptors (Lipinski definition) is 2. The zero-order chi connectivity index (χ0) is 14.1. The van der Waals surface area contributed by atoms with Gasteiger partial charge in [-0.15, -0.1) is 0 Å². The third-order valence-electron chi connectivity index (χ3n) is 3.21. The van der Waals surface area contributed by atoms with Gasteiger partial charge in [0.25, 0.3) is 0 Å². The molecule has 0 amide bonds. The first-order chi connectivity index (χ1) is 9.63. The van der Waals surface area contributed by atoms with Crippen LogP contribution in [-0.2, 0) is 12.8 Å². The quantitative estimate of drug-likeness (QED) is 0.788. The van der Waals surface area contributed by atoms with Gasteiger partial charge in [0, 0.05) is 10.7 Å². The van der Waals surface area contributed by atoms with E-state index in [0.717, 1.165) is 45.4 Å². The summed E-state index contributed by atoms with van der Waals surface area (Å²) in [6, 6.07) is 6.69. The first kappa shape index (κ1) is 13.2. The third-order valence-corrected chi connectivity index (χ3v) is 3.84. The van der Waals surface area contributed by atoms with Crippen LogP contribution in [0.15, 0.2) is 34.9 Å². The normalized spacial score (nSPS) is 11.2. The molecule has 102 valence electrons. The molecular weight excluding hydrogens is 321 g/mol. The number of hydrogen-bond donors (Lipinski definition) is 1. The van der Waals surface area contributed by atoms with Crippen LogP contribution in [0.3, 0.4) is 0 Å². The van der Waals surface area contributed by atoms with Gasteiger partial charge in [-0.05, 0) is 53.4 Å². The Balaban J connectivity index is 1.92. The van der Waals surface area contributed by atoms with Gasteiger partial charge in [0.1, 0.15) is 17.3 Å². The predicted molar refractivity (Wildman–Crippen MR) is 80.1 cm³/mol. The Kier molecular flexibility index (Phi) is 3.53. The summed E-state index contributed by atoms with van der Waals surface area (Å²) in [5.41, 5.74) is 2.78. The van der Waals surface area contributed by atoms with Gasteiger partial charge in [-0.1, -0.05) is 12.1 Å². The van der Waals surface area contributed by atoms with E-state index in [1.807, 2.05) is 19.2 Å². The van der Waals surface area contributed by atoms with E-state index in [9.17, 15) is 4.39 Å². The molecule has 2 aromatic heterocycles. The lowest BCUT2D eigenvalue weighted by atomic mass is 10.1. The Labute approximate surface area is 124 Å². The van der Waals surface area contributed by atoms with E-state index in [2.05, 4.69) is 30.9 Å². The smallest absolute Gasteiger partial charge is 0.142 e. The minimum atomic E-state index is -0.200. The number of aromatic nitrogens is 3. The molecule has 1 aromatic carbocycles. The molecule has 3 rings (SSSR count). The summed E-state index contributed by atoms with van der Waals surface area (Å²) in [7, 11) is 0. The van der Waals surface area contributed by atoms with E-state index in [-0.39, 0.29) is 5.82 Å². The molecule has 0 saturated carbocycles. The van der Waals surface area contributed by atoms with E-state index >= 15 is 0 Å². The van der Waals surface area contributed by atoms with Crippen LogP contribution >= 0.6 is 15.9 Å². The first-order valence-electron chi connectivity index (χ1n) is 6.38. The van der Waals surface area contributed by atoms with Gasteiger partial charge in [-0.25, -0.2) is 14.4 Å². The zero-order valence-electron chi connectivity index (χ0n) is 11.0. The maximum Gasteiger partial charge on any atom is 0.142 e. The monoisotopic (exact) mass is 333 g/mol. The lowest BCUT2D eigenvalue weighted by molar-refractivity contribution is 0.625. The standard InChI is InChI=1S/C15H13BrFN3/c1-9-19-13(14-12(16)8-18-15(14)20-9)6-5-10-3-2-4-11(17)7-10/h2-4,7-8H,5-6H2,1H3,(H,18,19,20). The zero-order valence-corrected chi connectivity index (χ0v) is 12.5. The first-order valence-corrected chi connectivity index (χ1v) is 7.17. The summed E-state index contributed by atoms with van der Waals surface area (Å²) in [5, 5.41) is 1.01. The number of fused-ring (bicyclic) bond motifs is 1. The molecule has 3 aromatic rings. The molecule has 0 aliphatic rings. The second kappa shape index (κ2) is 5.32. The average molecular weight is 334 g/mol. The van der Waals surface area contributed by atoms with E-state index in [0.29, 0.717) is 0 Å². The largest absolute Gasteiger partial charge is 0.345 e. The number of aryl methyl sites for hydroxylation is 3. The summed E-state index contributed by atoms with van der Waals surface area (Å²) in [4.78, 5) is 12.0. The Morgan fingerprint density at radius 2 is 2.10 bits per heavy atom. The highest BCUT2D eigenvalue weighted by molar-refractivity contribution is 9.10. The molecule has 0 saturated heterocycles. The van der Waals surface area contributed by atoms with Crippen molar-refractivity contribution in [2.24, 2.45) is 0 Å². The van der Waals surface area contributed by atoms with Crippen LogP contribution in [0.4, 0.5) is 4.39 Å². The number of aromatic amines is 1. The number of benzene rings is 1. The van der Waals surface area contributed by atoms with E-state index in [4.69, 9.17) is 0 Å². The van der Waals surface area contributed by atoms with Crippen molar-refractivity contribution in [1.29, 1.82) is 0 Å². The fourth-order valence-corrected chi connectivity index (χ4v) is 2.86. The molecule has 0 unspecified atom stereocenters. The summed E-state index contributed by atoms with van der Waals surface area (Å²) in [6.45, 7) is 1.87. The Hall–Kier alpha value is -1.75. The summed E-state index contributed by atoms with van der Waals surface area (Å²) >= 11 is 3.51. The molecule has 0 bridgehead atoms. The Bertz CT molecular complexity index is 767. The molecule has 3 nitrogen and oxygen atoms in total. The van der Waals surface area contributed by atoms with Crippen LogP contribution < -0.4 is 0 Å². The lowest BCUT2D eigenvalue weighted by Crippen LogP contribution is -2.00. The molecule has 0 aliphatic carbocycles. The number of nitrogens with one attached hydrogen (secondary N) is 1. The molecule has 0 fully saturated rings. The van der Waals surface area contributed by atoms with Crippen LogP contribution in [0.25, 0.3) is 11.0 Å². The summed E-state index contributed by atoms with van der Waals surface area (Å²) < 4.78 is 14.1.